The molecule has 0 amide bonds. The zero-order valence-corrected chi connectivity index (χ0v) is 13.5. The van der Waals surface area contributed by atoms with Crippen molar-refractivity contribution in [3.63, 3.8) is 0 Å². The lowest BCUT2D eigenvalue weighted by atomic mass is 9.92. The van der Waals surface area contributed by atoms with E-state index in [1.165, 1.54) is 0 Å². The fourth-order valence-electron chi connectivity index (χ4n) is 3.18. The summed E-state index contributed by atoms with van der Waals surface area (Å²) < 4.78 is 5.53. The topological polar surface area (TPSA) is 29.5 Å². The van der Waals surface area contributed by atoms with Gasteiger partial charge in [-0.15, -0.1) is 11.5 Å². The molecular weight excluding hydrogens is 318 g/mol. The normalized spacial score (nSPS) is 10.9. The van der Waals surface area contributed by atoms with Crippen LogP contribution in [0.2, 0.25) is 0 Å². The quantitative estimate of drug-likeness (QED) is 0.501. The molecule has 4 heteroatoms. The van der Waals surface area contributed by atoms with E-state index in [9.17, 15) is 5.11 Å². The summed E-state index contributed by atoms with van der Waals surface area (Å²) in [5.74, 6) is 0.819. The van der Waals surface area contributed by atoms with Crippen LogP contribution < -0.4 is 4.65 Å². The van der Waals surface area contributed by atoms with Crippen molar-refractivity contribution in [2.45, 2.75) is 0 Å². The Morgan fingerprint density at radius 2 is 1.29 bits per heavy atom. The van der Waals surface area contributed by atoms with Crippen molar-refractivity contribution in [1.29, 1.82) is 0 Å². The summed E-state index contributed by atoms with van der Waals surface area (Å²) in [5, 5.41) is 14.7. The molecule has 0 spiro atoms. The lowest BCUT2D eigenvalue weighted by Crippen LogP contribution is -1.97. The molecular formula is C20H13BClO2. The lowest BCUT2D eigenvalue weighted by Gasteiger charge is -2.16. The number of benzene rings is 4. The Hall–Kier alpha value is -2.65. The largest absolute Gasteiger partial charge is 0.548 e. The first-order chi connectivity index (χ1) is 11.8. The Morgan fingerprint density at radius 1 is 0.708 bits per heavy atom. The van der Waals surface area contributed by atoms with E-state index in [2.05, 4.69) is 0 Å². The van der Waals surface area contributed by atoms with Crippen LogP contribution in [0.25, 0.3) is 32.7 Å². The standard InChI is InChI=1S/C20H13BClO2/c22-21-24-18-12-10-14-6-2-4-8-16(14)20(18)19-15-7-3-1-5-13(15)9-11-17(19)23/h1-12,23H. The van der Waals surface area contributed by atoms with E-state index < -0.39 is 0 Å². The molecule has 1 N–H and O–H groups in total. The Kier molecular flexibility index (Phi) is 3.79. The first-order valence-electron chi connectivity index (χ1n) is 7.61. The van der Waals surface area contributed by atoms with Gasteiger partial charge in [0.15, 0.2) is 0 Å². The third-order valence-electron chi connectivity index (χ3n) is 4.22. The highest BCUT2D eigenvalue weighted by Crippen LogP contribution is 2.44. The van der Waals surface area contributed by atoms with Crippen LogP contribution in [0.3, 0.4) is 0 Å². The van der Waals surface area contributed by atoms with Crippen LogP contribution in [0.4, 0.5) is 0 Å². The maximum atomic E-state index is 10.6. The van der Waals surface area contributed by atoms with Gasteiger partial charge >= 0.3 is 6.90 Å². The van der Waals surface area contributed by atoms with Gasteiger partial charge in [-0.25, -0.2) is 0 Å². The Labute approximate surface area is 145 Å². The molecule has 2 nitrogen and oxygen atoms in total. The second-order valence-electron chi connectivity index (χ2n) is 5.55. The number of phenols is 1. The number of fused-ring (bicyclic) bond motifs is 2. The van der Waals surface area contributed by atoms with Crippen molar-refractivity contribution in [3.05, 3.63) is 72.8 Å². The van der Waals surface area contributed by atoms with Gasteiger partial charge in [-0.2, -0.15) is 0 Å². The van der Waals surface area contributed by atoms with Crippen molar-refractivity contribution < 1.29 is 9.76 Å². The molecule has 0 aliphatic rings. The van der Waals surface area contributed by atoms with Gasteiger partial charge in [0.1, 0.15) is 11.5 Å². The molecule has 4 aromatic carbocycles. The average Bonchev–Trinajstić information content (AvgIpc) is 2.62. The molecule has 0 fully saturated rings. The number of rotatable bonds is 3. The highest BCUT2D eigenvalue weighted by Gasteiger charge is 2.17. The van der Waals surface area contributed by atoms with Gasteiger partial charge in [-0.1, -0.05) is 60.7 Å². The maximum Gasteiger partial charge on any atom is 0.494 e. The molecule has 0 aliphatic heterocycles. The van der Waals surface area contributed by atoms with Crippen molar-refractivity contribution in [2.75, 3.05) is 0 Å². The van der Waals surface area contributed by atoms with E-state index in [4.69, 9.17) is 16.1 Å². The number of hydrogen-bond donors (Lipinski definition) is 1. The van der Waals surface area contributed by atoms with E-state index in [-0.39, 0.29) is 5.75 Å². The third-order valence-corrected chi connectivity index (χ3v) is 4.31. The summed E-state index contributed by atoms with van der Waals surface area (Å²) in [5.41, 5.74) is 1.58. The molecule has 0 heterocycles. The zero-order chi connectivity index (χ0) is 16.5. The molecule has 0 saturated heterocycles. The van der Waals surface area contributed by atoms with Crippen molar-refractivity contribution in [3.8, 4) is 22.6 Å². The first kappa shape index (κ1) is 14.9. The second kappa shape index (κ2) is 6.10. The maximum absolute atomic E-state index is 10.6. The Balaban J connectivity index is 2.17. The fraction of sp³-hybridized carbons (Fsp3) is 0. The molecule has 0 atom stereocenters. The van der Waals surface area contributed by atoms with Gasteiger partial charge in [0, 0.05) is 11.1 Å². The van der Waals surface area contributed by atoms with E-state index in [0.717, 1.165) is 39.6 Å². The van der Waals surface area contributed by atoms with Crippen LogP contribution in [-0.4, -0.2) is 12.0 Å². The van der Waals surface area contributed by atoms with E-state index in [1.807, 2.05) is 66.7 Å². The first-order valence-corrected chi connectivity index (χ1v) is 8.04. The number of phenolic OH excluding ortho intramolecular Hbond substituents is 1. The van der Waals surface area contributed by atoms with Gasteiger partial charge < -0.3 is 9.76 Å². The predicted molar refractivity (Wildman–Crippen MR) is 101 cm³/mol. The summed E-state index contributed by atoms with van der Waals surface area (Å²) in [7, 11) is 0. The Bertz CT molecular complexity index is 1050. The van der Waals surface area contributed by atoms with E-state index in [1.54, 1.807) is 6.07 Å². The van der Waals surface area contributed by atoms with Gasteiger partial charge in [-0.05, 0) is 33.7 Å². The van der Waals surface area contributed by atoms with Gasteiger partial charge in [0.05, 0.1) is 0 Å². The van der Waals surface area contributed by atoms with Crippen LogP contribution in [0, 0.1) is 0 Å². The number of hydrogen-bond acceptors (Lipinski definition) is 2. The van der Waals surface area contributed by atoms with Gasteiger partial charge in [0.2, 0.25) is 0 Å². The molecule has 0 aromatic heterocycles. The summed E-state index contributed by atoms with van der Waals surface area (Å²) >= 11 is 5.69. The molecule has 4 rings (SSSR count). The minimum absolute atomic E-state index is 0.212. The lowest BCUT2D eigenvalue weighted by molar-refractivity contribution is 0.478. The summed E-state index contributed by atoms with van der Waals surface area (Å²) in [4.78, 5) is 0. The predicted octanol–water partition coefficient (Wildman–Crippen LogP) is 5.52. The van der Waals surface area contributed by atoms with Crippen LogP contribution in [0.5, 0.6) is 11.5 Å². The molecule has 24 heavy (non-hydrogen) atoms. The van der Waals surface area contributed by atoms with E-state index in [0.29, 0.717) is 5.75 Å². The minimum atomic E-state index is 0.212. The van der Waals surface area contributed by atoms with Gasteiger partial charge in [-0.3, -0.25) is 0 Å². The van der Waals surface area contributed by atoms with Crippen molar-refractivity contribution >= 4 is 39.9 Å². The van der Waals surface area contributed by atoms with Crippen molar-refractivity contribution in [2.24, 2.45) is 0 Å². The third kappa shape index (κ3) is 2.38. The number of aromatic hydroxyl groups is 1. The second-order valence-corrected chi connectivity index (χ2v) is 5.73. The fourth-order valence-corrected chi connectivity index (χ4v) is 3.27. The molecule has 4 aromatic rings. The molecule has 0 unspecified atom stereocenters. The SMILES string of the molecule is Oc1ccc2ccccc2c1-c1c(O[B]Cl)ccc2ccccc12. The minimum Gasteiger partial charge on any atom is -0.548 e. The monoisotopic (exact) mass is 331 g/mol. The van der Waals surface area contributed by atoms with Crippen LogP contribution in [0.1, 0.15) is 0 Å². The molecule has 115 valence electrons. The molecule has 0 aliphatic carbocycles. The zero-order valence-electron chi connectivity index (χ0n) is 12.7. The molecule has 0 bridgehead atoms. The average molecular weight is 332 g/mol. The summed E-state index contributed by atoms with van der Waals surface area (Å²) in [6, 6.07) is 23.5. The van der Waals surface area contributed by atoms with Crippen molar-refractivity contribution in [1.82, 2.24) is 0 Å². The number of halogens is 1. The molecule has 0 saturated carbocycles. The van der Waals surface area contributed by atoms with Crippen LogP contribution in [0.15, 0.2) is 72.8 Å². The van der Waals surface area contributed by atoms with Crippen LogP contribution in [-0.2, 0) is 0 Å². The Morgan fingerprint density at radius 3 is 1.96 bits per heavy atom. The highest BCUT2D eigenvalue weighted by molar-refractivity contribution is 6.90. The molecule has 1 radical (unpaired) electrons. The van der Waals surface area contributed by atoms with Crippen LogP contribution >= 0.6 is 11.5 Å². The summed E-state index contributed by atoms with van der Waals surface area (Å²) in [6.45, 7) is 1.13. The summed E-state index contributed by atoms with van der Waals surface area (Å²) in [6.07, 6.45) is 0. The van der Waals surface area contributed by atoms with E-state index >= 15 is 0 Å². The van der Waals surface area contributed by atoms with Gasteiger partial charge in [0.25, 0.3) is 0 Å². The highest BCUT2D eigenvalue weighted by atomic mass is 35.5. The smallest absolute Gasteiger partial charge is 0.494 e.